The number of esters is 1. The van der Waals surface area contributed by atoms with Crippen molar-refractivity contribution in [2.24, 2.45) is 0 Å². The van der Waals surface area contributed by atoms with Gasteiger partial charge in [0, 0.05) is 16.7 Å². The van der Waals surface area contributed by atoms with Crippen LogP contribution in [0.4, 0.5) is 0 Å². The molecule has 0 aliphatic rings. The zero-order chi connectivity index (χ0) is 16.2. The molecule has 0 unspecified atom stereocenters. The smallest absolute Gasteiger partial charge is 0.338 e. The fraction of sp³-hybridized carbons (Fsp3) is 0.0588. The molecule has 23 heavy (non-hydrogen) atoms. The SMILES string of the molecule is O=C(OCc1cc(-c2ccc(Cl)cc2)no1)c1cccc(O)c1. The third kappa shape index (κ3) is 3.70. The van der Waals surface area contributed by atoms with E-state index < -0.39 is 5.97 Å². The zero-order valence-electron chi connectivity index (χ0n) is 11.9. The molecule has 1 aromatic heterocycles. The van der Waals surface area contributed by atoms with Gasteiger partial charge in [0.2, 0.25) is 0 Å². The van der Waals surface area contributed by atoms with Gasteiger partial charge >= 0.3 is 5.97 Å². The molecule has 1 N–H and O–H groups in total. The quantitative estimate of drug-likeness (QED) is 0.731. The highest BCUT2D eigenvalue weighted by molar-refractivity contribution is 6.30. The van der Waals surface area contributed by atoms with Gasteiger partial charge in [-0.3, -0.25) is 0 Å². The second-order valence-electron chi connectivity index (χ2n) is 4.81. The number of carbonyl (C=O) groups excluding carboxylic acids is 1. The van der Waals surface area contributed by atoms with Crippen LogP contribution in [0.3, 0.4) is 0 Å². The van der Waals surface area contributed by atoms with Crippen molar-refractivity contribution in [1.29, 1.82) is 0 Å². The van der Waals surface area contributed by atoms with Gasteiger partial charge in [-0.2, -0.15) is 0 Å². The Labute approximate surface area is 137 Å². The van der Waals surface area contributed by atoms with E-state index >= 15 is 0 Å². The first-order chi connectivity index (χ1) is 11.1. The van der Waals surface area contributed by atoms with Crippen molar-refractivity contribution in [2.75, 3.05) is 0 Å². The van der Waals surface area contributed by atoms with Crippen molar-refractivity contribution in [3.63, 3.8) is 0 Å². The fourth-order valence-electron chi connectivity index (χ4n) is 1.99. The van der Waals surface area contributed by atoms with Crippen molar-refractivity contribution >= 4 is 17.6 Å². The van der Waals surface area contributed by atoms with Gasteiger partial charge < -0.3 is 14.4 Å². The number of benzene rings is 2. The molecule has 0 radical (unpaired) electrons. The summed E-state index contributed by atoms with van der Waals surface area (Å²) in [6, 6.07) is 14.8. The first-order valence-corrected chi connectivity index (χ1v) is 7.17. The molecule has 0 saturated heterocycles. The van der Waals surface area contributed by atoms with Crippen LogP contribution in [0, 0.1) is 0 Å². The number of aromatic nitrogens is 1. The Hall–Kier alpha value is -2.79. The van der Waals surface area contributed by atoms with Crippen molar-refractivity contribution in [2.45, 2.75) is 6.61 Å². The van der Waals surface area contributed by atoms with Gasteiger partial charge in [0.1, 0.15) is 11.4 Å². The summed E-state index contributed by atoms with van der Waals surface area (Å²) in [5.41, 5.74) is 1.75. The molecule has 0 saturated carbocycles. The Morgan fingerprint density at radius 1 is 1.17 bits per heavy atom. The number of phenolic OH excluding ortho intramolecular Hbond substituents is 1. The molecule has 2 aromatic carbocycles. The minimum Gasteiger partial charge on any atom is -0.508 e. The van der Waals surface area contributed by atoms with Crippen LogP contribution in [-0.4, -0.2) is 16.2 Å². The summed E-state index contributed by atoms with van der Waals surface area (Å²) in [6.07, 6.45) is 0. The van der Waals surface area contributed by atoms with Crippen LogP contribution in [0.1, 0.15) is 16.1 Å². The third-order valence-corrected chi connectivity index (χ3v) is 3.38. The van der Waals surface area contributed by atoms with Crippen molar-refractivity contribution in [3.8, 4) is 17.0 Å². The van der Waals surface area contributed by atoms with E-state index in [4.69, 9.17) is 20.9 Å². The second-order valence-corrected chi connectivity index (χ2v) is 5.25. The molecule has 5 nitrogen and oxygen atoms in total. The number of hydrogen-bond acceptors (Lipinski definition) is 5. The molecule has 0 spiro atoms. The van der Waals surface area contributed by atoms with E-state index in [9.17, 15) is 9.90 Å². The normalized spacial score (nSPS) is 10.5. The number of rotatable bonds is 4. The van der Waals surface area contributed by atoms with Gasteiger partial charge in [-0.05, 0) is 30.3 Å². The minimum atomic E-state index is -0.551. The number of phenols is 1. The highest BCUT2D eigenvalue weighted by Gasteiger charge is 2.11. The molecule has 0 fully saturated rings. The first kappa shape index (κ1) is 15.1. The molecule has 3 aromatic rings. The van der Waals surface area contributed by atoms with E-state index in [1.165, 1.54) is 12.1 Å². The maximum Gasteiger partial charge on any atom is 0.338 e. The Balaban J connectivity index is 1.65. The van der Waals surface area contributed by atoms with E-state index in [2.05, 4.69) is 5.16 Å². The van der Waals surface area contributed by atoms with Gasteiger partial charge in [0.15, 0.2) is 12.4 Å². The maximum absolute atomic E-state index is 11.9. The summed E-state index contributed by atoms with van der Waals surface area (Å²) < 4.78 is 10.3. The third-order valence-electron chi connectivity index (χ3n) is 3.13. The molecule has 0 aliphatic carbocycles. The van der Waals surface area contributed by atoms with Crippen LogP contribution in [0.15, 0.2) is 59.1 Å². The Kier molecular flexibility index (Phi) is 4.30. The molecule has 1 heterocycles. The topological polar surface area (TPSA) is 72.6 Å². The number of aromatic hydroxyl groups is 1. The number of hydrogen-bond donors (Lipinski definition) is 1. The Bertz CT molecular complexity index is 827. The monoisotopic (exact) mass is 329 g/mol. The lowest BCUT2D eigenvalue weighted by atomic mass is 10.1. The van der Waals surface area contributed by atoms with Gasteiger partial charge in [0.25, 0.3) is 0 Å². The maximum atomic E-state index is 11.9. The van der Waals surface area contributed by atoms with Crippen molar-refractivity contribution in [1.82, 2.24) is 5.16 Å². The predicted octanol–water partition coefficient (Wildman–Crippen LogP) is 4.06. The Morgan fingerprint density at radius 3 is 2.70 bits per heavy atom. The van der Waals surface area contributed by atoms with Gasteiger partial charge in [0.05, 0.1) is 5.56 Å². The first-order valence-electron chi connectivity index (χ1n) is 6.79. The molecule has 0 amide bonds. The average molecular weight is 330 g/mol. The molecule has 3 rings (SSSR count). The predicted molar refractivity (Wildman–Crippen MR) is 84.2 cm³/mol. The molecule has 6 heteroatoms. The zero-order valence-corrected chi connectivity index (χ0v) is 12.7. The fourth-order valence-corrected chi connectivity index (χ4v) is 2.12. The molecule has 0 bridgehead atoms. The molecule has 0 atom stereocenters. The van der Waals surface area contributed by atoms with Gasteiger partial charge in [-0.15, -0.1) is 0 Å². The molecule has 116 valence electrons. The standard InChI is InChI=1S/C17H12ClNO4/c18-13-6-4-11(5-7-13)16-9-15(23-19-16)10-22-17(21)12-2-1-3-14(20)8-12/h1-9,20H,10H2. The van der Waals surface area contributed by atoms with E-state index in [1.807, 2.05) is 12.1 Å². The highest BCUT2D eigenvalue weighted by atomic mass is 35.5. The molecular formula is C17H12ClNO4. The van der Waals surface area contributed by atoms with E-state index in [0.717, 1.165) is 5.56 Å². The van der Waals surface area contributed by atoms with Crippen LogP contribution in [0.5, 0.6) is 5.75 Å². The van der Waals surface area contributed by atoms with Crippen LogP contribution in [-0.2, 0) is 11.3 Å². The van der Waals surface area contributed by atoms with Crippen LogP contribution < -0.4 is 0 Å². The summed E-state index contributed by atoms with van der Waals surface area (Å²) >= 11 is 5.84. The summed E-state index contributed by atoms with van der Waals surface area (Å²) in [5.74, 6) is -0.127. The van der Waals surface area contributed by atoms with E-state index in [1.54, 1.807) is 30.3 Å². The second kappa shape index (κ2) is 6.54. The minimum absolute atomic E-state index is 0.00383. The van der Waals surface area contributed by atoms with E-state index in [0.29, 0.717) is 16.5 Å². The average Bonchev–Trinajstić information content (AvgIpc) is 3.02. The van der Waals surface area contributed by atoms with Crippen LogP contribution >= 0.6 is 11.6 Å². The Morgan fingerprint density at radius 2 is 1.96 bits per heavy atom. The van der Waals surface area contributed by atoms with Crippen molar-refractivity contribution in [3.05, 3.63) is 70.9 Å². The number of ether oxygens (including phenoxy) is 1. The number of halogens is 1. The summed E-state index contributed by atoms with van der Waals surface area (Å²) in [4.78, 5) is 11.9. The highest BCUT2D eigenvalue weighted by Crippen LogP contribution is 2.22. The lowest BCUT2D eigenvalue weighted by Gasteiger charge is -2.02. The molecule has 0 aliphatic heterocycles. The molecular weight excluding hydrogens is 318 g/mol. The van der Waals surface area contributed by atoms with Crippen LogP contribution in [0.2, 0.25) is 5.02 Å². The lowest BCUT2D eigenvalue weighted by Crippen LogP contribution is -2.04. The number of carbonyl (C=O) groups is 1. The lowest BCUT2D eigenvalue weighted by molar-refractivity contribution is 0.0437. The summed E-state index contributed by atoms with van der Waals surface area (Å²) in [5, 5.41) is 13.9. The van der Waals surface area contributed by atoms with Crippen LogP contribution in [0.25, 0.3) is 11.3 Å². The van der Waals surface area contributed by atoms with Crippen molar-refractivity contribution < 1.29 is 19.2 Å². The summed E-state index contributed by atoms with van der Waals surface area (Å²) in [7, 11) is 0. The van der Waals surface area contributed by atoms with Gasteiger partial charge in [-0.25, -0.2) is 4.79 Å². The largest absolute Gasteiger partial charge is 0.508 e. The summed E-state index contributed by atoms with van der Waals surface area (Å²) in [6.45, 7) is -0.0465. The van der Waals surface area contributed by atoms with E-state index in [-0.39, 0.29) is 17.9 Å². The van der Waals surface area contributed by atoms with Gasteiger partial charge in [-0.1, -0.05) is 35.0 Å². The number of nitrogens with zero attached hydrogens (tertiary/aromatic N) is 1.